The fourth-order valence-electron chi connectivity index (χ4n) is 2.10. The molecule has 122 valence electrons. The summed E-state index contributed by atoms with van der Waals surface area (Å²) in [6.07, 6.45) is 1.42. The number of carbonyl (C=O) groups is 1. The molecule has 7 heteroatoms. The summed E-state index contributed by atoms with van der Waals surface area (Å²) in [5.41, 5.74) is 0.858. The van der Waals surface area contributed by atoms with Gasteiger partial charge in [-0.1, -0.05) is 15.9 Å². The average Bonchev–Trinajstić information content (AvgIpc) is 2.58. The van der Waals surface area contributed by atoms with Gasteiger partial charge in [0.1, 0.15) is 11.6 Å². The Morgan fingerprint density at radius 1 is 1.35 bits per heavy atom. The van der Waals surface area contributed by atoms with Gasteiger partial charge in [0.25, 0.3) is 5.91 Å². The Hall–Kier alpha value is -1.88. The fourth-order valence-corrected chi connectivity index (χ4v) is 2.36. The third kappa shape index (κ3) is 6.02. The number of nitrogens with one attached hydrogen (secondary N) is 2. The Labute approximate surface area is 144 Å². The van der Waals surface area contributed by atoms with Crippen LogP contribution in [0, 0.1) is 11.3 Å². The first-order valence-electron chi connectivity index (χ1n) is 7.40. The van der Waals surface area contributed by atoms with Crippen LogP contribution in [-0.4, -0.2) is 50.2 Å². The topological polar surface area (TPSA) is 77.4 Å². The smallest absolute Gasteiger partial charge is 0.263 e. The van der Waals surface area contributed by atoms with E-state index in [1.807, 2.05) is 30.3 Å². The van der Waals surface area contributed by atoms with E-state index in [1.165, 1.54) is 6.20 Å². The fraction of sp³-hybridized carbons (Fsp3) is 0.375. The molecule has 1 amide bonds. The van der Waals surface area contributed by atoms with Crippen LogP contribution in [0.5, 0.6) is 0 Å². The largest absolute Gasteiger partial charge is 0.379 e. The van der Waals surface area contributed by atoms with Gasteiger partial charge >= 0.3 is 0 Å². The number of nitrogens with zero attached hydrogens (tertiary/aromatic N) is 2. The van der Waals surface area contributed by atoms with Crippen LogP contribution in [0.15, 0.2) is 40.5 Å². The SMILES string of the molecule is N#C/C(=C/Nc1ccc(Br)cc1)C(=O)NCCN1CCOCC1. The number of halogens is 1. The van der Waals surface area contributed by atoms with Crippen LogP contribution in [-0.2, 0) is 9.53 Å². The normalized spacial score (nSPS) is 15.7. The van der Waals surface area contributed by atoms with Crippen molar-refractivity contribution < 1.29 is 9.53 Å². The average molecular weight is 379 g/mol. The zero-order chi connectivity index (χ0) is 16.5. The molecular weight excluding hydrogens is 360 g/mol. The monoisotopic (exact) mass is 378 g/mol. The molecule has 1 heterocycles. The van der Waals surface area contributed by atoms with Crippen LogP contribution < -0.4 is 10.6 Å². The molecule has 0 spiro atoms. The summed E-state index contributed by atoms with van der Waals surface area (Å²) < 4.78 is 6.24. The van der Waals surface area contributed by atoms with Crippen molar-refractivity contribution >= 4 is 27.5 Å². The molecule has 6 nitrogen and oxygen atoms in total. The van der Waals surface area contributed by atoms with Crippen molar-refractivity contribution in [3.63, 3.8) is 0 Å². The number of benzene rings is 1. The minimum absolute atomic E-state index is 0.0508. The van der Waals surface area contributed by atoms with E-state index in [9.17, 15) is 4.79 Å². The number of nitriles is 1. The Morgan fingerprint density at radius 3 is 2.70 bits per heavy atom. The second kappa shape index (κ2) is 9.30. The Balaban J connectivity index is 1.79. The second-order valence-electron chi connectivity index (χ2n) is 5.03. The van der Waals surface area contributed by atoms with E-state index in [-0.39, 0.29) is 11.5 Å². The van der Waals surface area contributed by atoms with E-state index < -0.39 is 0 Å². The summed E-state index contributed by atoms with van der Waals surface area (Å²) in [5.74, 6) is -0.370. The number of carbonyl (C=O) groups excluding carboxylic acids is 1. The first-order chi connectivity index (χ1) is 11.2. The van der Waals surface area contributed by atoms with Gasteiger partial charge in [-0.25, -0.2) is 0 Å². The Kier molecular flexibility index (Phi) is 7.07. The quantitative estimate of drug-likeness (QED) is 0.582. The van der Waals surface area contributed by atoms with Crippen molar-refractivity contribution in [2.45, 2.75) is 0 Å². The maximum atomic E-state index is 12.0. The minimum atomic E-state index is -0.370. The van der Waals surface area contributed by atoms with Gasteiger partial charge in [-0.3, -0.25) is 9.69 Å². The molecule has 1 aliphatic rings. The van der Waals surface area contributed by atoms with E-state index in [2.05, 4.69) is 31.5 Å². The van der Waals surface area contributed by atoms with Gasteiger partial charge < -0.3 is 15.4 Å². The molecule has 0 aliphatic carbocycles. The van der Waals surface area contributed by atoms with Gasteiger partial charge in [0.05, 0.1) is 13.2 Å². The van der Waals surface area contributed by atoms with Crippen LogP contribution in [0.3, 0.4) is 0 Å². The highest BCUT2D eigenvalue weighted by molar-refractivity contribution is 9.10. The molecule has 2 N–H and O–H groups in total. The first kappa shape index (κ1) is 17.5. The van der Waals surface area contributed by atoms with Crippen molar-refractivity contribution in [3.8, 4) is 6.07 Å². The maximum Gasteiger partial charge on any atom is 0.263 e. The van der Waals surface area contributed by atoms with Crippen molar-refractivity contribution in [1.82, 2.24) is 10.2 Å². The highest BCUT2D eigenvalue weighted by Gasteiger charge is 2.12. The lowest BCUT2D eigenvalue weighted by Gasteiger charge is -2.26. The van der Waals surface area contributed by atoms with E-state index in [0.717, 1.165) is 43.0 Å². The van der Waals surface area contributed by atoms with Crippen LogP contribution in [0.1, 0.15) is 0 Å². The lowest BCUT2D eigenvalue weighted by Crippen LogP contribution is -2.41. The van der Waals surface area contributed by atoms with Gasteiger partial charge in [-0.15, -0.1) is 0 Å². The van der Waals surface area contributed by atoms with E-state index in [1.54, 1.807) is 0 Å². The van der Waals surface area contributed by atoms with Crippen molar-refractivity contribution in [3.05, 3.63) is 40.5 Å². The summed E-state index contributed by atoms with van der Waals surface area (Å²) in [6, 6.07) is 9.38. The number of hydrogen-bond donors (Lipinski definition) is 2. The first-order valence-corrected chi connectivity index (χ1v) is 8.19. The lowest BCUT2D eigenvalue weighted by atomic mass is 10.2. The predicted octanol–water partition coefficient (Wildman–Crippen LogP) is 1.72. The zero-order valence-electron chi connectivity index (χ0n) is 12.7. The van der Waals surface area contributed by atoms with E-state index in [0.29, 0.717) is 6.54 Å². The Bertz CT molecular complexity index is 589. The summed E-state index contributed by atoms with van der Waals surface area (Å²) in [6.45, 7) is 4.48. The number of hydrogen-bond acceptors (Lipinski definition) is 5. The molecule has 0 bridgehead atoms. The molecule has 1 saturated heterocycles. The highest BCUT2D eigenvalue weighted by atomic mass is 79.9. The number of ether oxygens (including phenoxy) is 1. The summed E-state index contributed by atoms with van der Waals surface area (Å²) >= 11 is 3.35. The molecule has 1 aromatic rings. The molecule has 2 rings (SSSR count). The van der Waals surface area contributed by atoms with E-state index >= 15 is 0 Å². The molecule has 1 aliphatic heterocycles. The van der Waals surface area contributed by atoms with Crippen molar-refractivity contribution in [1.29, 1.82) is 5.26 Å². The molecule has 0 saturated carbocycles. The molecule has 0 atom stereocenters. The lowest BCUT2D eigenvalue weighted by molar-refractivity contribution is -0.117. The van der Waals surface area contributed by atoms with Crippen molar-refractivity contribution in [2.24, 2.45) is 0 Å². The number of amides is 1. The van der Waals surface area contributed by atoms with Crippen molar-refractivity contribution in [2.75, 3.05) is 44.7 Å². The van der Waals surface area contributed by atoms with Gasteiger partial charge in [0.15, 0.2) is 0 Å². The Morgan fingerprint density at radius 2 is 2.04 bits per heavy atom. The maximum absolute atomic E-state index is 12.0. The van der Waals surface area contributed by atoms with Crippen LogP contribution in [0.25, 0.3) is 0 Å². The van der Waals surface area contributed by atoms with Crippen LogP contribution in [0.4, 0.5) is 5.69 Å². The molecule has 0 radical (unpaired) electrons. The minimum Gasteiger partial charge on any atom is -0.379 e. The molecule has 1 aromatic carbocycles. The summed E-state index contributed by atoms with van der Waals surface area (Å²) in [7, 11) is 0. The second-order valence-corrected chi connectivity index (χ2v) is 5.95. The molecular formula is C16H19BrN4O2. The number of morpholine rings is 1. The zero-order valence-corrected chi connectivity index (χ0v) is 14.3. The third-order valence-electron chi connectivity index (χ3n) is 3.41. The number of anilines is 1. The van der Waals surface area contributed by atoms with Gasteiger partial charge in [0.2, 0.25) is 0 Å². The standard InChI is InChI=1S/C16H19BrN4O2/c17-14-1-3-15(4-2-14)20-12-13(11-18)16(22)19-5-6-21-7-9-23-10-8-21/h1-4,12,20H,5-10H2,(H,19,22)/b13-12-. The molecule has 0 aromatic heterocycles. The highest BCUT2D eigenvalue weighted by Crippen LogP contribution is 2.14. The van der Waals surface area contributed by atoms with Gasteiger partial charge in [-0.2, -0.15) is 5.26 Å². The summed E-state index contributed by atoms with van der Waals surface area (Å²) in [5, 5.41) is 14.8. The third-order valence-corrected chi connectivity index (χ3v) is 3.94. The summed E-state index contributed by atoms with van der Waals surface area (Å²) in [4.78, 5) is 14.2. The predicted molar refractivity (Wildman–Crippen MR) is 91.7 cm³/mol. The molecule has 23 heavy (non-hydrogen) atoms. The van der Waals surface area contributed by atoms with Crippen LogP contribution >= 0.6 is 15.9 Å². The van der Waals surface area contributed by atoms with Crippen LogP contribution in [0.2, 0.25) is 0 Å². The van der Waals surface area contributed by atoms with Gasteiger partial charge in [0, 0.05) is 42.5 Å². The molecule has 1 fully saturated rings. The number of rotatable bonds is 6. The van der Waals surface area contributed by atoms with E-state index in [4.69, 9.17) is 10.00 Å². The molecule has 0 unspecified atom stereocenters. The van der Waals surface area contributed by atoms with Gasteiger partial charge in [-0.05, 0) is 24.3 Å².